The van der Waals surface area contributed by atoms with Gasteiger partial charge in [0.1, 0.15) is 5.75 Å². The third-order valence-electron chi connectivity index (χ3n) is 5.17. The highest BCUT2D eigenvalue weighted by Crippen LogP contribution is 2.34. The lowest BCUT2D eigenvalue weighted by Crippen LogP contribution is -2.46. The maximum atomic E-state index is 13.5. The highest BCUT2D eigenvalue weighted by molar-refractivity contribution is 6.42. The number of carbonyl (C=O) groups is 2. The van der Waals surface area contributed by atoms with Gasteiger partial charge in [0.25, 0.3) is 5.91 Å². The summed E-state index contributed by atoms with van der Waals surface area (Å²) in [4.78, 5) is 31.0. The lowest BCUT2D eigenvalue weighted by molar-refractivity contribution is -0.120. The summed E-state index contributed by atoms with van der Waals surface area (Å²) in [5.41, 5.74) is 2.73. The van der Waals surface area contributed by atoms with Crippen LogP contribution in [0.2, 0.25) is 10.0 Å². The maximum Gasteiger partial charge on any atom is 0.406 e. The van der Waals surface area contributed by atoms with E-state index in [0.717, 1.165) is 5.56 Å². The number of nitrogens with one attached hydrogen (secondary N) is 1. The van der Waals surface area contributed by atoms with Gasteiger partial charge in [0.05, 0.1) is 35.1 Å². The fourth-order valence-electron chi connectivity index (χ4n) is 3.64. The summed E-state index contributed by atoms with van der Waals surface area (Å²) in [6.45, 7) is 0.191. The zero-order valence-corrected chi connectivity index (χ0v) is 19.0. The van der Waals surface area contributed by atoms with E-state index in [1.807, 2.05) is 12.1 Å². The molecule has 3 aromatic carbocycles. The Morgan fingerprint density at radius 2 is 1.73 bits per heavy atom. The van der Waals surface area contributed by atoms with Gasteiger partial charge < -0.3 is 14.7 Å². The molecule has 0 fully saturated rings. The van der Waals surface area contributed by atoms with Crippen molar-refractivity contribution >= 4 is 46.6 Å². The first-order chi connectivity index (χ1) is 15.9. The number of ether oxygens (including phenoxy) is 1. The number of carboxylic acid groups (broad SMARTS) is 1. The second-order valence-corrected chi connectivity index (χ2v) is 8.03. The minimum Gasteiger partial charge on any atom is -0.497 e. The minimum absolute atomic E-state index is 0.191. The number of carbonyl (C=O) groups excluding carboxylic acids is 1. The highest BCUT2D eigenvalue weighted by Gasteiger charge is 2.34. The zero-order valence-electron chi connectivity index (χ0n) is 17.5. The number of anilines is 1. The molecule has 0 spiro atoms. The molecule has 4 rings (SSSR count). The standard InChI is InChI=1S/C24H19Cl2N3O4/c1-33-15-11-9-14(10-12-15)13-29-19-8-3-2-5-16(19)21(20-17(25)6-4-7-18(20)26)27-22(23(29)30)28-24(31)32/h2-12,22,28H,13H2,1H3,(H,31,32). The largest absolute Gasteiger partial charge is 0.497 e. The van der Waals surface area contributed by atoms with Crippen molar-refractivity contribution in [1.82, 2.24) is 5.32 Å². The van der Waals surface area contributed by atoms with Gasteiger partial charge in [-0.15, -0.1) is 0 Å². The first kappa shape index (κ1) is 22.6. The lowest BCUT2D eigenvalue weighted by atomic mass is 9.99. The summed E-state index contributed by atoms with van der Waals surface area (Å²) in [5.74, 6) is 0.157. The number of aliphatic imine (C=N–C) groups is 1. The molecule has 0 radical (unpaired) electrons. The van der Waals surface area contributed by atoms with E-state index in [4.69, 9.17) is 27.9 Å². The summed E-state index contributed by atoms with van der Waals surface area (Å²) in [6.07, 6.45) is -2.77. The van der Waals surface area contributed by atoms with Crippen LogP contribution in [0.1, 0.15) is 16.7 Å². The third kappa shape index (κ3) is 4.65. The molecule has 168 valence electrons. The van der Waals surface area contributed by atoms with Crippen LogP contribution in [-0.4, -0.2) is 36.1 Å². The van der Waals surface area contributed by atoms with Gasteiger partial charge in [-0.3, -0.25) is 10.1 Å². The summed E-state index contributed by atoms with van der Waals surface area (Å²) >= 11 is 12.9. The van der Waals surface area contributed by atoms with E-state index < -0.39 is 18.2 Å². The number of nitrogens with zero attached hydrogens (tertiary/aromatic N) is 2. The van der Waals surface area contributed by atoms with Crippen molar-refractivity contribution in [3.05, 3.63) is 93.5 Å². The molecule has 0 bridgehead atoms. The Hall–Kier alpha value is -3.55. The molecular formula is C24H19Cl2N3O4. The molecule has 0 saturated carbocycles. The number of para-hydroxylation sites is 1. The Morgan fingerprint density at radius 3 is 2.36 bits per heavy atom. The molecule has 1 atom stereocenters. The molecule has 9 heteroatoms. The highest BCUT2D eigenvalue weighted by atomic mass is 35.5. The predicted octanol–water partition coefficient (Wildman–Crippen LogP) is 4.98. The van der Waals surface area contributed by atoms with E-state index in [1.54, 1.807) is 61.7 Å². The zero-order chi connectivity index (χ0) is 23.5. The fraction of sp³-hybridized carbons (Fsp3) is 0.125. The van der Waals surface area contributed by atoms with Crippen LogP contribution in [0.15, 0.2) is 71.7 Å². The molecule has 2 N–H and O–H groups in total. The molecule has 33 heavy (non-hydrogen) atoms. The molecule has 1 aliphatic rings. The van der Waals surface area contributed by atoms with E-state index in [-0.39, 0.29) is 6.54 Å². The van der Waals surface area contributed by atoms with Crippen molar-refractivity contribution < 1.29 is 19.4 Å². The van der Waals surface area contributed by atoms with Gasteiger partial charge in [0.15, 0.2) is 0 Å². The van der Waals surface area contributed by atoms with Crippen LogP contribution in [0.3, 0.4) is 0 Å². The molecule has 3 aromatic rings. The van der Waals surface area contributed by atoms with Crippen molar-refractivity contribution in [3.8, 4) is 5.75 Å². The molecule has 0 aromatic heterocycles. The number of hydrogen-bond donors (Lipinski definition) is 2. The minimum atomic E-state index is -1.39. The van der Waals surface area contributed by atoms with Crippen molar-refractivity contribution in [2.24, 2.45) is 4.99 Å². The van der Waals surface area contributed by atoms with E-state index >= 15 is 0 Å². The molecular weight excluding hydrogens is 465 g/mol. The number of hydrogen-bond acceptors (Lipinski definition) is 4. The van der Waals surface area contributed by atoms with Crippen LogP contribution in [-0.2, 0) is 11.3 Å². The lowest BCUT2D eigenvalue weighted by Gasteiger charge is -2.25. The van der Waals surface area contributed by atoms with Crippen molar-refractivity contribution in [2.75, 3.05) is 12.0 Å². The van der Waals surface area contributed by atoms with Gasteiger partial charge in [-0.25, -0.2) is 9.79 Å². The molecule has 0 saturated heterocycles. The number of benzodiazepines with no additional fused rings is 1. The van der Waals surface area contributed by atoms with E-state index in [2.05, 4.69) is 10.3 Å². The number of rotatable bonds is 5. The van der Waals surface area contributed by atoms with E-state index in [9.17, 15) is 14.7 Å². The van der Waals surface area contributed by atoms with Gasteiger partial charge in [0.2, 0.25) is 6.17 Å². The van der Waals surface area contributed by atoms with Crippen molar-refractivity contribution in [2.45, 2.75) is 12.7 Å². The maximum absolute atomic E-state index is 13.5. The number of methoxy groups -OCH3 is 1. The Balaban J connectivity index is 1.88. The summed E-state index contributed by atoms with van der Waals surface area (Å²) in [7, 11) is 1.57. The van der Waals surface area contributed by atoms with Crippen LogP contribution in [0.5, 0.6) is 5.75 Å². The quantitative estimate of drug-likeness (QED) is 0.535. The normalized spacial score (nSPS) is 15.4. The van der Waals surface area contributed by atoms with Crippen LogP contribution in [0, 0.1) is 0 Å². The summed E-state index contributed by atoms with van der Waals surface area (Å²) < 4.78 is 5.20. The van der Waals surface area contributed by atoms with Crippen molar-refractivity contribution in [3.63, 3.8) is 0 Å². The Morgan fingerprint density at radius 1 is 1.06 bits per heavy atom. The molecule has 1 aliphatic heterocycles. The Kier molecular flexibility index (Phi) is 6.53. The second-order valence-electron chi connectivity index (χ2n) is 7.22. The first-order valence-electron chi connectivity index (χ1n) is 9.94. The van der Waals surface area contributed by atoms with Crippen molar-refractivity contribution in [1.29, 1.82) is 0 Å². The summed E-state index contributed by atoms with van der Waals surface area (Å²) in [6, 6.07) is 19.5. The smallest absolute Gasteiger partial charge is 0.406 e. The van der Waals surface area contributed by atoms with E-state index in [1.165, 1.54) is 4.90 Å². The predicted molar refractivity (Wildman–Crippen MR) is 128 cm³/mol. The second kappa shape index (κ2) is 9.52. The summed E-state index contributed by atoms with van der Waals surface area (Å²) in [5, 5.41) is 12.3. The van der Waals surface area contributed by atoms with Gasteiger partial charge in [-0.05, 0) is 35.9 Å². The Bertz CT molecular complexity index is 1220. The Labute approximate surface area is 200 Å². The number of fused-ring (bicyclic) bond motifs is 1. The third-order valence-corrected chi connectivity index (χ3v) is 5.80. The van der Waals surface area contributed by atoms with Gasteiger partial charge in [0, 0.05) is 11.1 Å². The van der Waals surface area contributed by atoms with Crippen LogP contribution in [0.25, 0.3) is 0 Å². The fourth-order valence-corrected chi connectivity index (χ4v) is 4.22. The van der Waals surface area contributed by atoms with Crippen LogP contribution < -0.4 is 15.0 Å². The number of halogens is 2. The van der Waals surface area contributed by atoms with E-state index in [0.29, 0.717) is 38.3 Å². The molecule has 1 heterocycles. The first-order valence-corrected chi connectivity index (χ1v) is 10.7. The number of amides is 2. The van der Waals surface area contributed by atoms with Gasteiger partial charge in [-0.1, -0.05) is 59.6 Å². The molecule has 1 unspecified atom stereocenters. The van der Waals surface area contributed by atoms with Crippen LogP contribution >= 0.6 is 23.2 Å². The monoisotopic (exact) mass is 483 g/mol. The number of benzene rings is 3. The van der Waals surface area contributed by atoms with Gasteiger partial charge in [-0.2, -0.15) is 0 Å². The average Bonchev–Trinajstić information content (AvgIpc) is 2.90. The molecule has 0 aliphatic carbocycles. The van der Waals surface area contributed by atoms with Gasteiger partial charge >= 0.3 is 6.09 Å². The average molecular weight is 484 g/mol. The van der Waals surface area contributed by atoms with Crippen LogP contribution in [0.4, 0.5) is 10.5 Å². The topological polar surface area (TPSA) is 91.2 Å². The molecule has 7 nitrogen and oxygen atoms in total. The SMILES string of the molecule is COc1ccc(CN2C(=O)C(NC(=O)O)N=C(c3c(Cl)cccc3Cl)c3ccccc32)cc1. The molecule has 2 amide bonds.